The fraction of sp³-hybridized carbons (Fsp3) is 0.278. The van der Waals surface area contributed by atoms with E-state index in [4.69, 9.17) is 0 Å². The number of carbonyl (C=O) groups excluding carboxylic acids is 1. The van der Waals surface area contributed by atoms with Crippen molar-refractivity contribution in [1.82, 2.24) is 4.90 Å². The van der Waals surface area contributed by atoms with E-state index in [2.05, 4.69) is 10.2 Å². The van der Waals surface area contributed by atoms with Crippen molar-refractivity contribution in [1.29, 1.82) is 0 Å². The number of hydrogen-bond acceptors (Lipinski definition) is 4. The number of hydrogen-bond donors (Lipinski definition) is 1. The molecule has 3 rings (SSSR count). The second-order valence-corrected chi connectivity index (χ2v) is 6.05. The van der Waals surface area contributed by atoms with Gasteiger partial charge in [0.2, 0.25) is 5.91 Å². The first-order valence-corrected chi connectivity index (χ1v) is 7.86. The summed E-state index contributed by atoms with van der Waals surface area (Å²) in [7, 11) is 0. The van der Waals surface area contributed by atoms with Crippen LogP contribution in [0.25, 0.3) is 0 Å². The summed E-state index contributed by atoms with van der Waals surface area (Å²) in [6, 6.07) is 12.9. The van der Waals surface area contributed by atoms with Gasteiger partial charge in [-0.2, -0.15) is 0 Å². The molecule has 0 saturated heterocycles. The molecule has 0 atom stereocenters. The number of anilines is 1. The van der Waals surface area contributed by atoms with Crippen LogP contribution in [-0.2, 0) is 24.3 Å². The van der Waals surface area contributed by atoms with Crippen LogP contribution in [0.15, 0.2) is 42.5 Å². The van der Waals surface area contributed by atoms with Crippen LogP contribution in [0, 0.1) is 10.1 Å². The van der Waals surface area contributed by atoms with E-state index >= 15 is 0 Å². The van der Waals surface area contributed by atoms with Crippen molar-refractivity contribution in [3.63, 3.8) is 0 Å². The number of nitro benzene ring substituents is 1. The van der Waals surface area contributed by atoms with E-state index in [1.54, 1.807) is 12.1 Å². The molecule has 0 unspecified atom stereocenters. The Morgan fingerprint density at radius 2 is 2.08 bits per heavy atom. The first-order valence-electron chi connectivity index (χ1n) is 7.86. The third kappa shape index (κ3) is 3.78. The minimum Gasteiger partial charge on any atom is -0.326 e. The molecule has 24 heavy (non-hydrogen) atoms. The van der Waals surface area contributed by atoms with Crippen molar-refractivity contribution in [3.05, 3.63) is 69.3 Å². The van der Waals surface area contributed by atoms with Crippen molar-refractivity contribution in [2.75, 3.05) is 11.9 Å². The summed E-state index contributed by atoms with van der Waals surface area (Å²) < 4.78 is 0. The van der Waals surface area contributed by atoms with Crippen LogP contribution in [0.2, 0.25) is 0 Å². The number of non-ortho nitro benzene ring substituents is 1. The lowest BCUT2D eigenvalue weighted by Gasteiger charge is -2.28. The first-order chi connectivity index (χ1) is 11.5. The molecule has 2 aromatic rings. The Hall–Kier alpha value is -2.73. The second-order valence-electron chi connectivity index (χ2n) is 6.05. The first kappa shape index (κ1) is 16.1. The summed E-state index contributed by atoms with van der Waals surface area (Å²) in [5, 5.41) is 13.7. The molecular formula is C18H19N3O3. The highest BCUT2D eigenvalue weighted by atomic mass is 16.6. The number of fused-ring (bicyclic) bond motifs is 1. The minimum absolute atomic E-state index is 0.0913. The van der Waals surface area contributed by atoms with Gasteiger partial charge in [0, 0.05) is 44.4 Å². The van der Waals surface area contributed by atoms with E-state index in [-0.39, 0.29) is 16.5 Å². The highest BCUT2D eigenvalue weighted by Crippen LogP contribution is 2.25. The van der Waals surface area contributed by atoms with Crippen LogP contribution in [0.3, 0.4) is 0 Å². The smallest absolute Gasteiger partial charge is 0.269 e. The van der Waals surface area contributed by atoms with Crippen molar-refractivity contribution in [3.8, 4) is 0 Å². The highest BCUT2D eigenvalue weighted by Gasteiger charge is 2.19. The predicted molar refractivity (Wildman–Crippen MR) is 91.7 cm³/mol. The number of rotatable bonds is 4. The molecule has 1 aliphatic rings. The average Bonchev–Trinajstić information content (AvgIpc) is 2.54. The van der Waals surface area contributed by atoms with Crippen LogP contribution in [0.5, 0.6) is 0 Å². The highest BCUT2D eigenvalue weighted by molar-refractivity contribution is 5.88. The van der Waals surface area contributed by atoms with Crippen molar-refractivity contribution in [2.45, 2.75) is 26.4 Å². The maximum absolute atomic E-state index is 11.2. The molecule has 6 nitrogen and oxygen atoms in total. The lowest BCUT2D eigenvalue weighted by molar-refractivity contribution is -0.385. The quantitative estimate of drug-likeness (QED) is 0.692. The average molecular weight is 325 g/mol. The van der Waals surface area contributed by atoms with Gasteiger partial charge in [-0.3, -0.25) is 19.8 Å². The van der Waals surface area contributed by atoms with E-state index < -0.39 is 0 Å². The predicted octanol–water partition coefficient (Wildman–Crippen LogP) is 3.11. The Bertz CT molecular complexity index is 789. The monoisotopic (exact) mass is 325 g/mol. The van der Waals surface area contributed by atoms with E-state index in [0.29, 0.717) is 6.54 Å². The molecule has 0 radical (unpaired) electrons. The molecule has 0 bridgehead atoms. The van der Waals surface area contributed by atoms with Crippen molar-refractivity contribution >= 4 is 17.3 Å². The third-order valence-corrected chi connectivity index (χ3v) is 4.15. The van der Waals surface area contributed by atoms with Crippen molar-refractivity contribution in [2.24, 2.45) is 0 Å². The fourth-order valence-corrected chi connectivity index (χ4v) is 3.06. The molecule has 0 fully saturated rings. The van der Waals surface area contributed by atoms with E-state index in [1.807, 2.05) is 30.3 Å². The third-order valence-electron chi connectivity index (χ3n) is 4.15. The van der Waals surface area contributed by atoms with Crippen LogP contribution < -0.4 is 5.32 Å². The van der Waals surface area contributed by atoms with Crippen LogP contribution in [-0.4, -0.2) is 22.3 Å². The number of benzene rings is 2. The molecule has 0 saturated carbocycles. The number of nitrogens with zero attached hydrogens (tertiary/aromatic N) is 2. The molecule has 1 N–H and O–H groups in total. The number of nitrogens with one attached hydrogen (secondary N) is 1. The molecule has 0 aliphatic carbocycles. The maximum atomic E-state index is 11.2. The zero-order valence-electron chi connectivity index (χ0n) is 13.5. The summed E-state index contributed by atoms with van der Waals surface area (Å²) in [6.45, 7) is 3.84. The van der Waals surface area contributed by atoms with Gasteiger partial charge in [-0.1, -0.05) is 18.2 Å². The minimum atomic E-state index is -0.351. The molecule has 1 amide bonds. The van der Waals surface area contributed by atoms with E-state index in [0.717, 1.165) is 36.3 Å². The van der Waals surface area contributed by atoms with Gasteiger partial charge in [0.1, 0.15) is 0 Å². The normalized spacial score (nSPS) is 14.0. The topological polar surface area (TPSA) is 75.5 Å². The Morgan fingerprint density at radius 3 is 2.83 bits per heavy atom. The summed E-state index contributed by atoms with van der Waals surface area (Å²) in [5.41, 5.74) is 4.24. The Kier molecular flexibility index (Phi) is 4.57. The Labute approximate surface area is 140 Å². The molecule has 0 spiro atoms. The largest absolute Gasteiger partial charge is 0.326 e. The molecular weight excluding hydrogens is 306 g/mol. The standard InChI is InChI=1S/C18H19N3O3/c1-13(22)19-17-4-2-3-14(9-17)11-20-8-7-15-5-6-18(21(23)24)10-16(15)12-20/h2-6,9-10H,7-8,11-12H2,1H3,(H,19,22). The lowest BCUT2D eigenvalue weighted by Crippen LogP contribution is -2.30. The SMILES string of the molecule is CC(=O)Nc1cccc(CN2CCc3ccc([N+](=O)[O-])cc3C2)c1. The number of nitro groups is 1. The van der Waals surface area contributed by atoms with Gasteiger partial charge < -0.3 is 5.32 Å². The summed E-state index contributed by atoms with van der Waals surface area (Å²) in [6.07, 6.45) is 0.888. The van der Waals surface area contributed by atoms with Gasteiger partial charge in [-0.05, 0) is 35.2 Å². The van der Waals surface area contributed by atoms with E-state index in [1.165, 1.54) is 12.5 Å². The molecule has 6 heteroatoms. The molecule has 1 heterocycles. The van der Waals surface area contributed by atoms with Gasteiger partial charge in [0.15, 0.2) is 0 Å². The Morgan fingerprint density at radius 1 is 1.25 bits per heavy atom. The molecule has 0 aromatic heterocycles. The fourth-order valence-electron chi connectivity index (χ4n) is 3.06. The van der Waals surface area contributed by atoms with Crippen molar-refractivity contribution < 1.29 is 9.72 Å². The van der Waals surface area contributed by atoms with Crippen LogP contribution in [0.1, 0.15) is 23.6 Å². The molecule has 124 valence electrons. The maximum Gasteiger partial charge on any atom is 0.269 e. The second kappa shape index (κ2) is 6.80. The van der Waals surface area contributed by atoms with E-state index in [9.17, 15) is 14.9 Å². The lowest BCUT2D eigenvalue weighted by atomic mass is 9.98. The zero-order valence-corrected chi connectivity index (χ0v) is 13.5. The summed E-state index contributed by atoms with van der Waals surface area (Å²) in [5.74, 6) is -0.0913. The Balaban J connectivity index is 1.72. The number of carbonyl (C=O) groups is 1. The number of amides is 1. The van der Waals surface area contributed by atoms with Gasteiger partial charge in [0.25, 0.3) is 5.69 Å². The van der Waals surface area contributed by atoms with Crippen LogP contribution >= 0.6 is 0 Å². The summed E-state index contributed by atoms with van der Waals surface area (Å²) >= 11 is 0. The van der Waals surface area contributed by atoms with Gasteiger partial charge in [-0.25, -0.2) is 0 Å². The molecule has 1 aliphatic heterocycles. The van der Waals surface area contributed by atoms with Crippen LogP contribution in [0.4, 0.5) is 11.4 Å². The zero-order chi connectivity index (χ0) is 17.1. The van der Waals surface area contributed by atoms with Gasteiger partial charge in [0.05, 0.1) is 4.92 Å². The van der Waals surface area contributed by atoms with Gasteiger partial charge in [-0.15, -0.1) is 0 Å². The molecule has 2 aromatic carbocycles. The van der Waals surface area contributed by atoms with Gasteiger partial charge >= 0.3 is 0 Å². The summed E-state index contributed by atoms with van der Waals surface area (Å²) in [4.78, 5) is 24.0.